The molecule has 0 saturated heterocycles. The summed E-state index contributed by atoms with van der Waals surface area (Å²) in [5.41, 5.74) is 1.16. The van der Waals surface area contributed by atoms with Crippen LogP contribution in [-0.4, -0.2) is 45.1 Å². The molecule has 4 rings (SSSR count). The van der Waals surface area contributed by atoms with Crippen LogP contribution in [0.2, 0.25) is 0 Å². The first-order valence-electron chi connectivity index (χ1n) is 11.1. The van der Waals surface area contributed by atoms with Gasteiger partial charge in [0.05, 0.1) is 11.6 Å². The Morgan fingerprint density at radius 1 is 1.22 bits per heavy atom. The SMILES string of the molecule is CC(=O)N1c2ccc(C(=O)NCC(C)(C)O)cc2[C@H](Nc2ncccn2)[C@@H](C)[C@@H]1C1CC1. The van der Waals surface area contributed by atoms with E-state index < -0.39 is 5.60 Å². The van der Waals surface area contributed by atoms with Crippen LogP contribution in [0.5, 0.6) is 0 Å². The van der Waals surface area contributed by atoms with E-state index in [9.17, 15) is 14.7 Å². The van der Waals surface area contributed by atoms with Gasteiger partial charge in [0, 0.05) is 49.1 Å². The molecular formula is C24H31N5O3. The summed E-state index contributed by atoms with van der Waals surface area (Å²) in [7, 11) is 0. The number of benzene rings is 1. The summed E-state index contributed by atoms with van der Waals surface area (Å²) < 4.78 is 0. The van der Waals surface area contributed by atoms with E-state index in [2.05, 4.69) is 27.5 Å². The lowest BCUT2D eigenvalue weighted by Gasteiger charge is -2.45. The summed E-state index contributed by atoms with van der Waals surface area (Å²) >= 11 is 0. The molecule has 0 radical (unpaired) electrons. The molecule has 2 aliphatic rings. The molecule has 1 fully saturated rings. The van der Waals surface area contributed by atoms with Crippen LogP contribution < -0.4 is 15.5 Å². The van der Waals surface area contributed by atoms with Gasteiger partial charge in [-0.25, -0.2) is 9.97 Å². The van der Waals surface area contributed by atoms with Crippen molar-refractivity contribution in [3.05, 3.63) is 47.8 Å². The molecule has 0 bridgehead atoms. The highest BCUT2D eigenvalue weighted by Crippen LogP contribution is 2.50. The summed E-state index contributed by atoms with van der Waals surface area (Å²) in [6.07, 6.45) is 5.59. The fourth-order valence-electron chi connectivity index (χ4n) is 4.62. The van der Waals surface area contributed by atoms with Crippen molar-refractivity contribution in [1.82, 2.24) is 15.3 Å². The number of aromatic nitrogens is 2. The van der Waals surface area contributed by atoms with Crippen LogP contribution in [0.15, 0.2) is 36.7 Å². The fraction of sp³-hybridized carbons (Fsp3) is 0.500. The van der Waals surface area contributed by atoms with E-state index in [1.165, 1.54) is 0 Å². The molecule has 2 amide bonds. The van der Waals surface area contributed by atoms with Crippen molar-refractivity contribution in [2.45, 2.75) is 58.2 Å². The van der Waals surface area contributed by atoms with Gasteiger partial charge in [0.2, 0.25) is 11.9 Å². The van der Waals surface area contributed by atoms with Crippen molar-refractivity contribution in [3.63, 3.8) is 0 Å². The van der Waals surface area contributed by atoms with Crippen LogP contribution >= 0.6 is 0 Å². The molecule has 1 aliphatic carbocycles. The van der Waals surface area contributed by atoms with Gasteiger partial charge in [-0.15, -0.1) is 0 Å². The number of anilines is 2. The van der Waals surface area contributed by atoms with Crippen LogP contribution in [-0.2, 0) is 4.79 Å². The maximum absolute atomic E-state index is 12.8. The number of nitrogens with zero attached hydrogens (tertiary/aromatic N) is 3. The van der Waals surface area contributed by atoms with Gasteiger partial charge in [-0.1, -0.05) is 6.92 Å². The van der Waals surface area contributed by atoms with Gasteiger partial charge in [-0.2, -0.15) is 0 Å². The van der Waals surface area contributed by atoms with Gasteiger partial charge in [-0.05, 0) is 62.4 Å². The molecular weight excluding hydrogens is 406 g/mol. The third-order valence-electron chi connectivity index (χ3n) is 6.22. The van der Waals surface area contributed by atoms with E-state index in [-0.39, 0.29) is 36.4 Å². The molecule has 2 heterocycles. The second kappa shape index (κ2) is 8.50. The molecule has 1 saturated carbocycles. The van der Waals surface area contributed by atoms with Crippen LogP contribution in [0.25, 0.3) is 0 Å². The number of fused-ring (bicyclic) bond motifs is 1. The van der Waals surface area contributed by atoms with Crippen LogP contribution in [0.3, 0.4) is 0 Å². The lowest BCUT2D eigenvalue weighted by molar-refractivity contribution is -0.117. The fourth-order valence-corrected chi connectivity index (χ4v) is 4.62. The van der Waals surface area contributed by atoms with Gasteiger partial charge in [-0.3, -0.25) is 9.59 Å². The molecule has 2 aromatic rings. The molecule has 1 aromatic carbocycles. The molecule has 8 heteroatoms. The van der Waals surface area contributed by atoms with E-state index >= 15 is 0 Å². The van der Waals surface area contributed by atoms with Crippen molar-refractivity contribution < 1.29 is 14.7 Å². The van der Waals surface area contributed by atoms with Gasteiger partial charge < -0.3 is 20.6 Å². The number of hydrogen-bond donors (Lipinski definition) is 3. The molecule has 170 valence electrons. The monoisotopic (exact) mass is 437 g/mol. The van der Waals surface area contributed by atoms with Gasteiger partial charge in [0.25, 0.3) is 5.91 Å². The van der Waals surface area contributed by atoms with E-state index in [1.807, 2.05) is 17.0 Å². The molecule has 32 heavy (non-hydrogen) atoms. The molecule has 1 aliphatic heterocycles. The second-order valence-electron chi connectivity index (χ2n) is 9.54. The van der Waals surface area contributed by atoms with E-state index in [1.54, 1.807) is 45.3 Å². The van der Waals surface area contributed by atoms with Crippen molar-refractivity contribution in [3.8, 4) is 0 Å². The third kappa shape index (κ3) is 4.60. The summed E-state index contributed by atoms with van der Waals surface area (Å²) in [6.45, 7) is 7.17. The summed E-state index contributed by atoms with van der Waals surface area (Å²) in [6, 6.07) is 7.12. The first-order chi connectivity index (χ1) is 15.2. The molecule has 3 N–H and O–H groups in total. The predicted octanol–water partition coefficient (Wildman–Crippen LogP) is 2.91. The Balaban J connectivity index is 1.74. The largest absolute Gasteiger partial charge is 0.389 e. The minimum Gasteiger partial charge on any atom is -0.389 e. The number of nitrogens with one attached hydrogen (secondary N) is 2. The maximum Gasteiger partial charge on any atom is 0.251 e. The molecule has 0 unspecified atom stereocenters. The molecule has 0 spiro atoms. The number of carbonyl (C=O) groups is 2. The quantitative estimate of drug-likeness (QED) is 0.641. The first-order valence-corrected chi connectivity index (χ1v) is 11.1. The van der Waals surface area contributed by atoms with E-state index in [4.69, 9.17) is 0 Å². The van der Waals surface area contributed by atoms with E-state index in [0.717, 1.165) is 24.1 Å². The smallest absolute Gasteiger partial charge is 0.251 e. The van der Waals surface area contributed by atoms with Gasteiger partial charge in [0.15, 0.2) is 0 Å². The minimum atomic E-state index is -1.00. The number of hydrogen-bond acceptors (Lipinski definition) is 6. The Morgan fingerprint density at radius 3 is 2.50 bits per heavy atom. The highest BCUT2D eigenvalue weighted by molar-refractivity contribution is 5.98. The minimum absolute atomic E-state index is 0.00337. The number of rotatable bonds is 6. The Hall–Kier alpha value is -3.00. The lowest BCUT2D eigenvalue weighted by atomic mass is 9.79. The highest BCUT2D eigenvalue weighted by Gasteiger charge is 2.47. The van der Waals surface area contributed by atoms with Crippen LogP contribution in [0, 0.1) is 11.8 Å². The third-order valence-corrected chi connectivity index (χ3v) is 6.22. The van der Waals surface area contributed by atoms with Gasteiger partial charge >= 0.3 is 0 Å². The standard InChI is InChI=1S/C24H31N5O3/c1-14-20(28-23-25-10-5-11-26-23)18-12-17(22(31)27-13-24(3,4)32)8-9-19(18)29(15(2)30)21(14)16-6-7-16/h5,8-12,14,16,20-21,32H,6-7,13H2,1-4H3,(H,27,31)(H,25,26,28)/t14-,20-,21-/m1/s1. The van der Waals surface area contributed by atoms with Crippen LogP contribution in [0.4, 0.5) is 11.6 Å². The first kappa shape index (κ1) is 22.2. The van der Waals surface area contributed by atoms with Crippen molar-refractivity contribution in [2.24, 2.45) is 11.8 Å². The van der Waals surface area contributed by atoms with Crippen LogP contribution in [0.1, 0.15) is 62.5 Å². The average molecular weight is 438 g/mol. The summed E-state index contributed by atoms with van der Waals surface area (Å²) in [5, 5.41) is 16.2. The normalized spacial score (nSPS) is 22.8. The zero-order valence-electron chi connectivity index (χ0n) is 19.0. The number of aliphatic hydroxyl groups is 1. The Kier molecular flexibility index (Phi) is 5.90. The molecule has 8 nitrogen and oxygen atoms in total. The zero-order valence-corrected chi connectivity index (χ0v) is 19.0. The maximum atomic E-state index is 12.8. The topological polar surface area (TPSA) is 107 Å². The Labute approximate surface area is 188 Å². The van der Waals surface area contributed by atoms with E-state index in [0.29, 0.717) is 17.4 Å². The highest BCUT2D eigenvalue weighted by atomic mass is 16.3. The molecule has 1 aromatic heterocycles. The zero-order chi connectivity index (χ0) is 23.0. The number of amides is 2. The van der Waals surface area contributed by atoms with Crippen molar-refractivity contribution >= 4 is 23.5 Å². The summed E-state index contributed by atoms with van der Waals surface area (Å²) in [5.74, 6) is 0.813. The predicted molar refractivity (Wildman–Crippen MR) is 122 cm³/mol. The van der Waals surface area contributed by atoms with Crippen molar-refractivity contribution in [2.75, 3.05) is 16.8 Å². The second-order valence-corrected chi connectivity index (χ2v) is 9.54. The van der Waals surface area contributed by atoms with Gasteiger partial charge in [0.1, 0.15) is 0 Å². The lowest BCUT2D eigenvalue weighted by Crippen LogP contribution is -2.51. The average Bonchev–Trinajstić information content (AvgIpc) is 3.58. The summed E-state index contributed by atoms with van der Waals surface area (Å²) in [4.78, 5) is 36.0. The Bertz CT molecular complexity index is 1000. The van der Waals surface area contributed by atoms with Crippen molar-refractivity contribution in [1.29, 1.82) is 0 Å². The molecule has 3 atom stereocenters. The Morgan fingerprint density at radius 2 is 1.91 bits per heavy atom. The number of carbonyl (C=O) groups excluding carboxylic acids is 2.